The Balaban J connectivity index is 1.37. The highest BCUT2D eigenvalue weighted by molar-refractivity contribution is 6.05. The first-order chi connectivity index (χ1) is 26.1. The third-order valence-corrected chi connectivity index (χ3v) is 12.7. The third-order valence-electron chi connectivity index (χ3n) is 12.7. The standard InChI is InChI=1S/C54H53N/c1-51(2,3)35-32-43(52(4,5)6)49-44(33-35)53(7,8)42-28-18-25-39(48(42)49)38-24-14-16-29-46(38)55(45-30-17-21-34-20-11-12-22-36(34)45)47-31-19-26-40-37-23-13-15-27-41(37)54(9,10)50(40)47/h11-33H,1-10H3. The Hall–Kier alpha value is -5.40. The second-order valence-electron chi connectivity index (χ2n) is 19.0. The number of nitrogens with zero attached hydrogens (tertiary/aromatic N) is 1. The highest BCUT2D eigenvalue weighted by atomic mass is 15.2. The molecular formula is C54H53N. The molecule has 274 valence electrons. The predicted molar refractivity (Wildman–Crippen MR) is 237 cm³/mol. The van der Waals surface area contributed by atoms with E-state index >= 15 is 0 Å². The monoisotopic (exact) mass is 715 g/mol. The van der Waals surface area contributed by atoms with Crippen molar-refractivity contribution in [3.63, 3.8) is 0 Å². The number of hydrogen-bond acceptors (Lipinski definition) is 1. The second-order valence-corrected chi connectivity index (χ2v) is 19.0. The van der Waals surface area contributed by atoms with Gasteiger partial charge in [0.1, 0.15) is 0 Å². The molecule has 55 heavy (non-hydrogen) atoms. The van der Waals surface area contributed by atoms with E-state index in [-0.39, 0.29) is 21.7 Å². The van der Waals surface area contributed by atoms with Gasteiger partial charge in [0, 0.05) is 21.8 Å². The Bertz CT molecular complexity index is 2670. The van der Waals surface area contributed by atoms with E-state index in [9.17, 15) is 0 Å². The molecule has 2 aliphatic rings. The molecule has 0 saturated carbocycles. The van der Waals surface area contributed by atoms with Crippen molar-refractivity contribution < 1.29 is 0 Å². The summed E-state index contributed by atoms with van der Waals surface area (Å²) < 4.78 is 0. The van der Waals surface area contributed by atoms with E-state index in [1.165, 1.54) is 94.6 Å². The smallest absolute Gasteiger partial charge is 0.0540 e. The fourth-order valence-electron chi connectivity index (χ4n) is 9.84. The molecule has 1 heteroatoms. The summed E-state index contributed by atoms with van der Waals surface area (Å²) >= 11 is 0. The van der Waals surface area contributed by atoms with Gasteiger partial charge in [-0.3, -0.25) is 0 Å². The lowest BCUT2D eigenvalue weighted by Crippen LogP contribution is -2.21. The van der Waals surface area contributed by atoms with Crippen molar-refractivity contribution in [3.8, 4) is 33.4 Å². The first-order valence-corrected chi connectivity index (χ1v) is 20.0. The second kappa shape index (κ2) is 12.0. The molecule has 0 unspecified atom stereocenters. The van der Waals surface area contributed by atoms with Crippen LogP contribution in [0.4, 0.5) is 17.1 Å². The van der Waals surface area contributed by atoms with E-state index in [0.29, 0.717) is 0 Å². The quantitative estimate of drug-likeness (QED) is 0.175. The van der Waals surface area contributed by atoms with Gasteiger partial charge in [-0.25, -0.2) is 0 Å². The van der Waals surface area contributed by atoms with E-state index in [0.717, 1.165) is 0 Å². The van der Waals surface area contributed by atoms with Crippen LogP contribution in [0.25, 0.3) is 44.2 Å². The van der Waals surface area contributed by atoms with Crippen molar-refractivity contribution in [2.75, 3.05) is 4.90 Å². The first kappa shape index (κ1) is 35.3. The van der Waals surface area contributed by atoms with Gasteiger partial charge in [0.25, 0.3) is 0 Å². The Kier molecular flexibility index (Phi) is 7.74. The summed E-state index contributed by atoms with van der Waals surface area (Å²) in [5, 5.41) is 2.47. The van der Waals surface area contributed by atoms with Gasteiger partial charge in [-0.1, -0.05) is 191 Å². The van der Waals surface area contributed by atoms with Gasteiger partial charge in [-0.15, -0.1) is 0 Å². The molecule has 0 heterocycles. The molecule has 0 aromatic heterocycles. The third kappa shape index (κ3) is 5.26. The average molecular weight is 716 g/mol. The highest BCUT2D eigenvalue weighted by Gasteiger charge is 2.42. The van der Waals surface area contributed by atoms with Crippen LogP contribution in [0, 0.1) is 0 Å². The minimum absolute atomic E-state index is 0.0393. The molecule has 1 nitrogen and oxygen atoms in total. The summed E-state index contributed by atoms with van der Waals surface area (Å²) in [5.74, 6) is 0. The SMILES string of the molecule is CC(C)(C)c1cc(C(C)(C)C)c2c(c1)C(C)(C)c1cccc(-c3ccccc3N(c3cccc4c3C(C)(C)c3ccccc3-4)c3cccc4ccccc34)c1-2. The fraction of sp³-hybridized carbons (Fsp3) is 0.259. The zero-order valence-corrected chi connectivity index (χ0v) is 34.2. The van der Waals surface area contributed by atoms with Gasteiger partial charge in [0.15, 0.2) is 0 Å². The van der Waals surface area contributed by atoms with Crippen LogP contribution in [0.3, 0.4) is 0 Å². The van der Waals surface area contributed by atoms with Crippen molar-refractivity contribution >= 4 is 27.8 Å². The fourth-order valence-corrected chi connectivity index (χ4v) is 9.84. The lowest BCUT2D eigenvalue weighted by Gasteiger charge is -2.34. The number of anilines is 3. The zero-order valence-electron chi connectivity index (χ0n) is 34.2. The molecule has 7 aromatic rings. The van der Waals surface area contributed by atoms with Gasteiger partial charge in [0.2, 0.25) is 0 Å². The number of hydrogen-bond donors (Lipinski definition) is 0. The lowest BCUT2D eigenvalue weighted by atomic mass is 9.74. The van der Waals surface area contributed by atoms with Gasteiger partial charge < -0.3 is 4.90 Å². The van der Waals surface area contributed by atoms with E-state index in [1.54, 1.807) is 0 Å². The van der Waals surface area contributed by atoms with Crippen molar-refractivity contribution in [2.24, 2.45) is 0 Å². The largest absolute Gasteiger partial charge is 0.309 e. The number of benzene rings is 7. The number of fused-ring (bicyclic) bond motifs is 7. The summed E-state index contributed by atoms with van der Waals surface area (Å²) in [6.07, 6.45) is 0. The maximum atomic E-state index is 2.58. The summed E-state index contributed by atoms with van der Waals surface area (Å²) in [7, 11) is 0. The number of rotatable bonds is 4. The summed E-state index contributed by atoms with van der Waals surface area (Å²) in [4.78, 5) is 2.58. The predicted octanol–water partition coefficient (Wildman–Crippen LogP) is 15.2. The van der Waals surface area contributed by atoms with E-state index in [1.807, 2.05) is 0 Å². The van der Waals surface area contributed by atoms with Crippen molar-refractivity contribution in [2.45, 2.75) is 90.9 Å². The normalized spacial score (nSPS) is 15.0. The van der Waals surface area contributed by atoms with Crippen LogP contribution in [-0.2, 0) is 21.7 Å². The molecular weight excluding hydrogens is 663 g/mol. The molecule has 2 aliphatic carbocycles. The summed E-state index contributed by atoms with van der Waals surface area (Å²) in [6.45, 7) is 23.9. The molecule has 0 atom stereocenters. The average Bonchev–Trinajstić information content (AvgIpc) is 3.54. The van der Waals surface area contributed by atoms with E-state index in [4.69, 9.17) is 0 Å². The van der Waals surface area contributed by atoms with Crippen LogP contribution >= 0.6 is 0 Å². The van der Waals surface area contributed by atoms with Crippen LogP contribution in [0.5, 0.6) is 0 Å². The topological polar surface area (TPSA) is 3.24 Å². The molecule has 0 saturated heterocycles. The van der Waals surface area contributed by atoms with Crippen molar-refractivity contribution in [3.05, 3.63) is 173 Å². The van der Waals surface area contributed by atoms with Crippen LogP contribution in [0.1, 0.15) is 103 Å². The molecule has 0 amide bonds. The molecule has 0 radical (unpaired) electrons. The molecule has 0 aliphatic heterocycles. The summed E-state index contributed by atoms with van der Waals surface area (Å²) in [6, 6.07) is 52.8. The van der Waals surface area contributed by atoms with E-state index < -0.39 is 0 Å². The maximum absolute atomic E-state index is 2.58. The van der Waals surface area contributed by atoms with Gasteiger partial charge >= 0.3 is 0 Å². The first-order valence-electron chi connectivity index (χ1n) is 20.0. The molecule has 0 spiro atoms. The number of para-hydroxylation sites is 1. The summed E-state index contributed by atoms with van der Waals surface area (Å²) in [5.41, 5.74) is 19.6. The minimum atomic E-state index is -0.191. The van der Waals surface area contributed by atoms with Crippen LogP contribution in [0.2, 0.25) is 0 Å². The Labute approximate surface area is 328 Å². The van der Waals surface area contributed by atoms with E-state index in [2.05, 4.69) is 214 Å². The van der Waals surface area contributed by atoms with Crippen LogP contribution in [-0.4, -0.2) is 0 Å². The molecule has 0 N–H and O–H groups in total. The van der Waals surface area contributed by atoms with Gasteiger partial charge in [0.05, 0.1) is 17.1 Å². The Morgan fingerprint density at radius 3 is 1.75 bits per heavy atom. The Morgan fingerprint density at radius 1 is 0.418 bits per heavy atom. The molecule has 0 fully saturated rings. The van der Waals surface area contributed by atoms with Gasteiger partial charge in [-0.2, -0.15) is 0 Å². The van der Waals surface area contributed by atoms with Crippen molar-refractivity contribution in [1.82, 2.24) is 0 Å². The molecule has 0 bridgehead atoms. The van der Waals surface area contributed by atoms with Crippen molar-refractivity contribution in [1.29, 1.82) is 0 Å². The Morgan fingerprint density at radius 2 is 0.982 bits per heavy atom. The maximum Gasteiger partial charge on any atom is 0.0540 e. The van der Waals surface area contributed by atoms with Crippen LogP contribution < -0.4 is 4.90 Å². The lowest BCUT2D eigenvalue weighted by molar-refractivity contribution is 0.564. The molecule has 7 aromatic carbocycles. The van der Waals surface area contributed by atoms with Crippen LogP contribution in [0.15, 0.2) is 140 Å². The highest BCUT2D eigenvalue weighted by Crippen LogP contribution is 2.59. The molecule has 9 rings (SSSR count). The zero-order chi connectivity index (χ0) is 38.7. The van der Waals surface area contributed by atoms with Gasteiger partial charge in [-0.05, 0) is 95.6 Å². The minimum Gasteiger partial charge on any atom is -0.309 e.